The van der Waals surface area contributed by atoms with Gasteiger partial charge in [0.05, 0.1) is 35.8 Å². The Bertz CT molecular complexity index is 701. The van der Waals surface area contributed by atoms with Crippen molar-refractivity contribution in [2.24, 2.45) is 0 Å². The summed E-state index contributed by atoms with van der Waals surface area (Å²) in [6.07, 6.45) is 1.69. The number of hydrogen-bond acceptors (Lipinski definition) is 4. The number of aromatic nitrogens is 1. The molecule has 0 aliphatic carbocycles. The molecule has 7 heteroatoms. The summed E-state index contributed by atoms with van der Waals surface area (Å²) in [6.45, 7) is 3.06. The number of amides is 1. The van der Waals surface area contributed by atoms with Crippen LogP contribution in [-0.4, -0.2) is 37.2 Å². The maximum absolute atomic E-state index is 12.3. The molecule has 1 N–H and O–H groups in total. The highest BCUT2D eigenvalue weighted by Crippen LogP contribution is 2.26. The minimum atomic E-state index is -0.331. The van der Waals surface area contributed by atoms with Crippen LogP contribution in [0.3, 0.4) is 0 Å². The minimum absolute atomic E-state index is 0.318. The molecular weight excluding hydrogens is 337 g/mol. The van der Waals surface area contributed by atoms with Crippen LogP contribution < -0.4 is 10.2 Å². The topological polar surface area (TPSA) is 54.5 Å². The van der Waals surface area contributed by atoms with Crippen LogP contribution in [0.5, 0.6) is 0 Å². The fraction of sp³-hybridized carbons (Fsp3) is 0.250. The van der Waals surface area contributed by atoms with Gasteiger partial charge in [-0.05, 0) is 30.3 Å². The van der Waals surface area contributed by atoms with Crippen LogP contribution >= 0.6 is 23.2 Å². The number of rotatable bonds is 3. The first kappa shape index (κ1) is 16.1. The van der Waals surface area contributed by atoms with E-state index in [0.717, 1.165) is 18.8 Å². The van der Waals surface area contributed by atoms with E-state index in [4.69, 9.17) is 27.9 Å². The molecule has 1 aliphatic heterocycles. The molecule has 120 valence electrons. The van der Waals surface area contributed by atoms with E-state index in [1.807, 2.05) is 6.07 Å². The average molecular weight is 352 g/mol. The first-order valence-electron chi connectivity index (χ1n) is 7.18. The molecule has 0 unspecified atom stereocenters. The SMILES string of the molecule is O=C(Nc1cc(Cl)ccc1Cl)c1ccc(N2CCOCC2)cn1. The van der Waals surface area contributed by atoms with Gasteiger partial charge < -0.3 is 15.0 Å². The van der Waals surface area contributed by atoms with Gasteiger partial charge >= 0.3 is 0 Å². The molecule has 3 rings (SSSR count). The standard InChI is InChI=1S/C16H15Cl2N3O2/c17-11-1-3-13(18)15(9-11)20-16(22)14-4-2-12(10-19-14)21-5-7-23-8-6-21/h1-4,9-10H,5-8H2,(H,20,22). The smallest absolute Gasteiger partial charge is 0.274 e. The van der Waals surface area contributed by atoms with E-state index >= 15 is 0 Å². The number of halogens is 2. The first-order valence-corrected chi connectivity index (χ1v) is 7.94. The third-order valence-electron chi connectivity index (χ3n) is 3.53. The molecular formula is C16H15Cl2N3O2. The number of carbonyl (C=O) groups is 1. The van der Waals surface area contributed by atoms with Gasteiger partial charge in [0, 0.05) is 18.1 Å². The largest absolute Gasteiger partial charge is 0.378 e. The summed E-state index contributed by atoms with van der Waals surface area (Å²) in [7, 11) is 0. The number of ether oxygens (including phenoxy) is 1. The van der Waals surface area contributed by atoms with Crippen molar-refractivity contribution in [1.82, 2.24) is 4.98 Å². The maximum atomic E-state index is 12.3. The quantitative estimate of drug-likeness (QED) is 0.919. The van der Waals surface area contributed by atoms with Gasteiger partial charge in [-0.2, -0.15) is 0 Å². The molecule has 5 nitrogen and oxygen atoms in total. The highest BCUT2D eigenvalue weighted by Gasteiger charge is 2.14. The lowest BCUT2D eigenvalue weighted by Crippen LogP contribution is -2.36. The molecule has 1 amide bonds. The van der Waals surface area contributed by atoms with Crippen LogP contribution in [0.15, 0.2) is 36.5 Å². The van der Waals surface area contributed by atoms with E-state index in [1.54, 1.807) is 30.5 Å². The molecule has 0 bridgehead atoms. The number of benzene rings is 1. The van der Waals surface area contributed by atoms with Gasteiger partial charge in [0.1, 0.15) is 5.69 Å². The lowest BCUT2D eigenvalue weighted by Gasteiger charge is -2.28. The van der Waals surface area contributed by atoms with Crippen molar-refractivity contribution in [3.63, 3.8) is 0 Å². The van der Waals surface area contributed by atoms with Crippen LogP contribution in [-0.2, 0) is 4.74 Å². The summed E-state index contributed by atoms with van der Waals surface area (Å²) < 4.78 is 5.32. The molecule has 1 aromatic carbocycles. The summed E-state index contributed by atoms with van der Waals surface area (Å²) in [6, 6.07) is 8.47. The van der Waals surface area contributed by atoms with Gasteiger partial charge in [0.2, 0.25) is 0 Å². The normalized spacial score (nSPS) is 14.6. The highest BCUT2D eigenvalue weighted by atomic mass is 35.5. The second kappa shape index (κ2) is 7.17. The van der Waals surface area contributed by atoms with Crippen LogP contribution in [0, 0.1) is 0 Å². The summed E-state index contributed by atoms with van der Waals surface area (Å²) in [5, 5.41) is 3.64. The summed E-state index contributed by atoms with van der Waals surface area (Å²) >= 11 is 12.0. The van der Waals surface area contributed by atoms with Gasteiger partial charge in [-0.3, -0.25) is 4.79 Å². The molecule has 0 saturated carbocycles. The van der Waals surface area contributed by atoms with Crippen molar-refractivity contribution in [2.45, 2.75) is 0 Å². The number of nitrogens with zero attached hydrogens (tertiary/aromatic N) is 2. The van der Waals surface area contributed by atoms with Crippen molar-refractivity contribution in [3.8, 4) is 0 Å². The Morgan fingerprint density at radius 1 is 1.17 bits per heavy atom. The Hall–Kier alpha value is -1.82. The number of anilines is 2. The first-order chi connectivity index (χ1) is 11.1. The Labute approximate surface area is 144 Å². The molecule has 1 aromatic heterocycles. The highest BCUT2D eigenvalue weighted by molar-refractivity contribution is 6.35. The van der Waals surface area contributed by atoms with E-state index in [1.165, 1.54) is 0 Å². The molecule has 2 aromatic rings. The van der Waals surface area contributed by atoms with Gasteiger partial charge in [-0.1, -0.05) is 23.2 Å². The number of morpholine rings is 1. The number of carbonyl (C=O) groups excluding carboxylic acids is 1. The van der Waals surface area contributed by atoms with Crippen molar-refractivity contribution in [1.29, 1.82) is 0 Å². The predicted molar refractivity (Wildman–Crippen MR) is 91.7 cm³/mol. The average Bonchev–Trinajstić information content (AvgIpc) is 2.59. The molecule has 1 aliphatic rings. The van der Waals surface area contributed by atoms with Crippen LogP contribution in [0.25, 0.3) is 0 Å². The Morgan fingerprint density at radius 2 is 1.96 bits per heavy atom. The van der Waals surface area contributed by atoms with E-state index in [0.29, 0.717) is 34.6 Å². The lowest BCUT2D eigenvalue weighted by molar-refractivity contribution is 0.102. The minimum Gasteiger partial charge on any atom is -0.378 e. The monoisotopic (exact) mass is 351 g/mol. The number of nitrogens with one attached hydrogen (secondary N) is 1. The van der Waals surface area contributed by atoms with Gasteiger partial charge in [-0.15, -0.1) is 0 Å². The van der Waals surface area contributed by atoms with Crippen LogP contribution in [0.4, 0.5) is 11.4 Å². The predicted octanol–water partition coefficient (Wildman–Crippen LogP) is 3.48. The molecule has 1 fully saturated rings. The summed E-state index contributed by atoms with van der Waals surface area (Å²) in [5.74, 6) is -0.331. The van der Waals surface area contributed by atoms with Crippen molar-refractivity contribution >= 4 is 40.5 Å². The molecule has 0 atom stereocenters. The van der Waals surface area contributed by atoms with Gasteiger partial charge in [-0.25, -0.2) is 4.98 Å². The molecule has 23 heavy (non-hydrogen) atoms. The zero-order valence-electron chi connectivity index (χ0n) is 12.3. The molecule has 2 heterocycles. The molecule has 0 spiro atoms. The Morgan fingerprint density at radius 3 is 2.65 bits per heavy atom. The zero-order chi connectivity index (χ0) is 16.2. The van der Waals surface area contributed by atoms with Crippen LogP contribution in [0.2, 0.25) is 10.0 Å². The number of hydrogen-bond donors (Lipinski definition) is 1. The zero-order valence-corrected chi connectivity index (χ0v) is 13.8. The summed E-state index contributed by atoms with van der Waals surface area (Å²) in [4.78, 5) is 18.7. The third-order valence-corrected chi connectivity index (χ3v) is 4.10. The van der Waals surface area contributed by atoms with Gasteiger partial charge in [0.15, 0.2) is 0 Å². The Balaban J connectivity index is 1.71. The van der Waals surface area contributed by atoms with Gasteiger partial charge in [0.25, 0.3) is 5.91 Å². The third kappa shape index (κ3) is 3.93. The molecule has 1 saturated heterocycles. The maximum Gasteiger partial charge on any atom is 0.274 e. The summed E-state index contributed by atoms with van der Waals surface area (Å²) in [5.41, 5.74) is 1.76. The Kier molecular flexibility index (Phi) is 5.00. The van der Waals surface area contributed by atoms with Crippen molar-refractivity contribution < 1.29 is 9.53 Å². The fourth-order valence-corrected chi connectivity index (χ4v) is 2.65. The van der Waals surface area contributed by atoms with E-state index < -0.39 is 0 Å². The number of pyridine rings is 1. The lowest BCUT2D eigenvalue weighted by atomic mass is 10.2. The van der Waals surface area contributed by atoms with Crippen molar-refractivity contribution in [2.75, 3.05) is 36.5 Å². The molecule has 0 radical (unpaired) electrons. The van der Waals surface area contributed by atoms with E-state index in [2.05, 4.69) is 15.2 Å². The second-order valence-corrected chi connectivity index (χ2v) is 5.92. The van der Waals surface area contributed by atoms with E-state index in [-0.39, 0.29) is 5.91 Å². The van der Waals surface area contributed by atoms with Crippen molar-refractivity contribution in [3.05, 3.63) is 52.3 Å². The van der Waals surface area contributed by atoms with Crippen LogP contribution in [0.1, 0.15) is 10.5 Å². The fourth-order valence-electron chi connectivity index (χ4n) is 2.31. The second-order valence-electron chi connectivity index (χ2n) is 5.08. The van der Waals surface area contributed by atoms with E-state index in [9.17, 15) is 4.79 Å².